The number of benzene rings is 2. The van der Waals surface area contributed by atoms with E-state index in [0.29, 0.717) is 23.1 Å². The van der Waals surface area contributed by atoms with Crippen molar-refractivity contribution in [2.75, 3.05) is 23.6 Å². The number of hydrogen-bond acceptors (Lipinski definition) is 6. The summed E-state index contributed by atoms with van der Waals surface area (Å²) in [5.41, 5.74) is 5.10. The first-order chi connectivity index (χ1) is 11.6. The van der Waals surface area contributed by atoms with Gasteiger partial charge in [0.25, 0.3) is 5.91 Å². The fourth-order valence-electron chi connectivity index (χ4n) is 2.17. The molecule has 1 aliphatic heterocycles. The first kappa shape index (κ1) is 16.1. The van der Waals surface area contributed by atoms with E-state index < -0.39 is 0 Å². The number of amides is 1. The average Bonchev–Trinajstić information content (AvgIpc) is 3.12. The van der Waals surface area contributed by atoms with Crippen LogP contribution in [0, 0.1) is 6.92 Å². The molecule has 0 bridgehead atoms. The van der Waals surface area contributed by atoms with Crippen molar-refractivity contribution in [3.8, 4) is 5.75 Å². The molecular weight excluding hydrogens is 330 g/mol. The third kappa shape index (κ3) is 3.75. The molecule has 0 aliphatic carbocycles. The van der Waals surface area contributed by atoms with Crippen LogP contribution in [0.15, 0.2) is 52.8 Å². The Morgan fingerprint density at radius 1 is 1.38 bits per heavy atom. The molecule has 2 aromatic carbocycles. The molecule has 0 unspecified atom stereocenters. The SMILES string of the molecule is Cc1c(Cl)cccc1NC(=O)COc1cccc(N2CN=NN2)c1. The molecular formula is C16H16ClN5O2. The fraction of sp³-hybridized carbons (Fsp3) is 0.188. The van der Waals surface area contributed by atoms with Crippen LogP contribution in [0.4, 0.5) is 11.4 Å². The highest BCUT2D eigenvalue weighted by molar-refractivity contribution is 6.31. The summed E-state index contributed by atoms with van der Waals surface area (Å²) in [7, 11) is 0. The molecule has 124 valence electrons. The minimum atomic E-state index is -0.255. The number of halogens is 1. The summed E-state index contributed by atoms with van der Waals surface area (Å²) in [6, 6.07) is 12.7. The molecule has 24 heavy (non-hydrogen) atoms. The van der Waals surface area contributed by atoms with Gasteiger partial charge in [0.1, 0.15) is 5.75 Å². The Hall–Kier alpha value is -2.80. The predicted molar refractivity (Wildman–Crippen MR) is 92.1 cm³/mol. The van der Waals surface area contributed by atoms with E-state index >= 15 is 0 Å². The summed E-state index contributed by atoms with van der Waals surface area (Å²) in [5.74, 6) is 0.328. The maximum absolute atomic E-state index is 12.1. The Labute approximate surface area is 144 Å². The fourth-order valence-corrected chi connectivity index (χ4v) is 2.35. The van der Waals surface area contributed by atoms with E-state index in [9.17, 15) is 4.79 Å². The molecule has 0 fully saturated rings. The van der Waals surface area contributed by atoms with E-state index in [0.717, 1.165) is 11.3 Å². The van der Waals surface area contributed by atoms with Gasteiger partial charge in [0, 0.05) is 16.8 Å². The molecule has 3 rings (SSSR count). The van der Waals surface area contributed by atoms with Crippen molar-refractivity contribution in [3.63, 3.8) is 0 Å². The molecule has 2 aromatic rings. The predicted octanol–water partition coefficient (Wildman–Crippen LogP) is 3.32. The zero-order valence-electron chi connectivity index (χ0n) is 13.0. The van der Waals surface area contributed by atoms with E-state index in [2.05, 4.69) is 21.2 Å². The normalized spacial score (nSPS) is 12.8. The Morgan fingerprint density at radius 3 is 3.00 bits per heavy atom. The molecule has 0 saturated heterocycles. The van der Waals surface area contributed by atoms with Gasteiger partial charge in [0.2, 0.25) is 0 Å². The van der Waals surface area contributed by atoms with Crippen molar-refractivity contribution in [2.45, 2.75) is 6.92 Å². The second-order valence-corrected chi connectivity index (χ2v) is 5.56. The highest BCUT2D eigenvalue weighted by Gasteiger charge is 2.11. The highest BCUT2D eigenvalue weighted by Crippen LogP contribution is 2.23. The zero-order valence-corrected chi connectivity index (χ0v) is 13.7. The number of rotatable bonds is 5. The van der Waals surface area contributed by atoms with Crippen LogP contribution in [0.3, 0.4) is 0 Å². The largest absolute Gasteiger partial charge is 0.484 e. The number of hydrogen-bond donors (Lipinski definition) is 2. The number of carbonyl (C=O) groups excluding carboxylic acids is 1. The van der Waals surface area contributed by atoms with Gasteiger partial charge < -0.3 is 10.1 Å². The van der Waals surface area contributed by atoms with E-state index in [-0.39, 0.29) is 12.5 Å². The molecule has 0 saturated carbocycles. The number of carbonyl (C=O) groups is 1. The van der Waals surface area contributed by atoms with Crippen molar-refractivity contribution < 1.29 is 9.53 Å². The maximum atomic E-state index is 12.1. The molecule has 0 radical (unpaired) electrons. The average molecular weight is 346 g/mol. The van der Waals surface area contributed by atoms with E-state index in [1.807, 2.05) is 19.1 Å². The second kappa shape index (κ2) is 7.18. The van der Waals surface area contributed by atoms with Crippen LogP contribution in [0.25, 0.3) is 0 Å². The summed E-state index contributed by atoms with van der Waals surface area (Å²) >= 11 is 6.04. The smallest absolute Gasteiger partial charge is 0.262 e. The van der Waals surface area contributed by atoms with Gasteiger partial charge in [0.05, 0.1) is 5.69 Å². The van der Waals surface area contributed by atoms with Crippen LogP contribution in [-0.4, -0.2) is 19.2 Å². The quantitative estimate of drug-likeness (QED) is 0.871. The number of nitrogens with zero attached hydrogens (tertiary/aromatic N) is 3. The van der Waals surface area contributed by atoms with Crippen molar-refractivity contribution in [2.24, 2.45) is 10.3 Å². The lowest BCUT2D eigenvalue weighted by molar-refractivity contribution is -0.118. The molecule has 0 atom stereocenters. The van der Waals surface area contributed by atoms with Crippen LogP contribution >= 0.6 is 11.6 Å². The second-order valence-electron chi connectivity index (χ2n) is 5.16. The number of anilines is 2. The minimum Gasteiger partial charge on any atom is -0.484 e. The molecule has 2 N–H and O–H groups in total. The summed E-state index contributed by atoms with van der Waals surface area (Å²) in [6.45, 7) is 2.18. The molecule has 1 heterocycles. The van der Waals surface area contributed by atoms with E-state index in [1.54, 1.807) is 35.3 Å². The van der Waals surface area contributed by atoms with Crippen LogP contribution in [0.2, 0.25) is 5.02 Å². The van der Waals surface area contributed by atoms with Crippen molar-refractivity contribution in [3.05, 3.63) is 53.1 Å². The molecule has 7 nitrogen and oxygen atoms in total. The first-order valence-corrected chi connectivity index (χ1v) is 7.69. The topological polar surface area (TPSA) is 78.3 Å². The van der Waals surface area contributed by atoms with Gasteiger partial charge in [0.15, 0.2) is 13.3 Å². The highest BCUT2D eigenvalue weighted by atomic mass is 35.5. The van der Waals surface area contributed by atoms with Crippen LogP contribution in [-0.2, 0) is 4.79 Å². The Bertz CT molecular complexity index is 773. The number of hydrazine groups is 1. The van der Waals surface area contributed by atoms with Gasteiger partial charge in [-0.3, -0.25) is 4.79 Å². The van der Waals surface area contributed by atoms with Crippen LogP contribution in [0.1, 0.15) is 5.56 Å². The van der Waals surface area contributed by atoms with E-state index in [4.69, 9.17) is 16.3 Å². The lowest BCUT2D eigenvalue weighted by Gasteiger charge is -2.16. The van der Waals surface area contributed by atoms with Crippen molar-refractivity contribution >= 4 is 28.9 Å². The van der Waals surface area contributed by atoms with Crippen molar-refractivity contribution in [1.29, 1.82) is 0 Å². The maximum Gasteiger partial charge on any atom is 0.262 e. The summed E-state index contributed by atoms with van der Waals surface area (Å²) in [5, 5.41) is 12.7. The minimum absolute atomic E-state index is 0.0996. The Balaban J connectivity index is 1.58. The van der Waals surface area contributed by atoms with Gasteiger partial charge in [-0.2, -0.15) is 5.53 Å². The summed E-state index contributed by atoms with van der Waals surface area (Å²) in [6.07, 6.45) is 0. The Morgan fingerprint density at radius 2 is 2.21 bits per heavy atom. The van der Waals surface area contributed by atoms with Gasteiger partial charge >= 0.3 is 0 Å². The first-order valence-electron chi connectivity index (χ1n) is 7.31. The monoisotopic (exact) mass is 345 g/mol. The molecule has 0 aromatic heterocycles. The van der Waals surface area contributed by atoms with Crippen LogP contribution < -0.4 is 20.6 Å². The summed E-state index contributed by atoms with van der Waals surface area (Å²) < 4.78 is 5.55. The Kier molecular flexibility index (Phi) is 4.81. The lowest BCUT2D eigenvalue weighted by atomic mass is 10.2. The number of nitrogens with one attached hydrogen (secondary N) is 2. The van der Waals surface area contributed by atoms with Gasteiger partial charge in [-0.05, 0) is 36.8 Å². The third-order valence-electron chi connectivity index (χ3n) is 3.48. The van der Waals surface area contributed by atoms with E-state index in [1.165, 1.54) is 0 Å². The molecule has 1 aliphatic rings. The van der Waals surface area contributed by atoms with Crippen molar-refractivity contribution in [1.82, 2.24) is 5.53 Å². The molecule has 0 spiro atoms. The van der Waals surface area contributed by atoms with Gasteiger partial charge in [-0.25, -0.2) is 5.01 Å². The molecule has 8 heteroatoms. The lowest BCUT2D eigenvalue weighted by Crippen LogP contribution is -2.29. The van der Waals surface area contributed by atoms with Gasteiger partial charge in [-0.1, -0.05) is 29.0 Å². The summed E-state index contributed by atoms with van der Waals surface area (Å²) in [4.78, 5) is 12.1. The standard InChI is InChI=1S/C16H16ClN5O2/c1-11-14(17)6-3-7-15(11)19-16(23)9-24-13-5-2-4-12(8-13)22-10-18-20-21-22/h2-8H,9-10H2,1H3,(H,18,21)(H,19,23). The number of ether oxygens (including phenoxy) is 1. The van der Waals surface area contributed by atoms with Crippen LogP contribution in [0.5, 0.6) is 5.75 Å². The third-order valence-corrected chi connectivity index (χ3v) is 3.89. The molecule has 1 amide bonds. The van der Waals surface area contributed by atoms with Gasteiger partial charge in [-0.15, -0.1) is 5.11 Å². The zero-order chi connectivity index (χ0) is 16.9.